The van der Waals surface area contributed by atoms with Gasteiger partial charge >= 0.3 is 11.9 Å². The third kappa shape index (κ3) is 3.84. The highest BCUT2D eigenvalue weighted by molar-refractivity contribution is 6.00. The van der Waals surface area contributed by atoms with Crippen LogP contribution < -0.4 is 4.74 Å². The molecule has 0 atom stereocenters. The highest BCUT2D eigenvalue weighted by Crippen LogP contribution is 2.31. The smallest absolute Gasteiger partial charge is 0.328 e. The van der Waals surface area contributed by atoms with Crippen molar-refractivity contribution in [2.24, 2.45) is 5.41 Å². The molecule has 0 bridgehead atoms. The van der Waals surface area contributed by atoms with E-state index in [0.29, 0.717) is 25.2 Å². The molecule has 0 radical (unpaired) electrons. The predicted octanol–water partition coefficient (Wildman–Crippen LogP) is 3.66. The van der Waals surface area contributed by atoms with Crippen molar-refractivity contribution in [1.29, 1.82) is 0 Å². The Balaban J connectivity index is 2.97. The average molecular weight is 292 g/mol. The third-order valence-corrected chi connectivity index (χ3v) is 3.72. The van der Waals surface area contributed by atoms with Gasteiger partial charge in [0.25, 0.3) is 0 Å². The van der Waals surface area contributed by atoms with Crippen LogP contribution in [-0.2, 0) is 14.3 Å². The summed E-state index contributed by atoms with van der Waals surface area (Å²) in [4.78, 5) is 24.8. The summed E-state index contributed by atoms with van der Waals surface area (Å²) in [7, 11) is 0. The summed E-state index contributed by atoms with van der Waals surface area (Å²) in [6, 6.07) is 7.25. The van der Waals surface area contributed by atoms with Gasteiger partial charge in [0.05, 0.1) is 6.61 Å². The van der Waals surface area contributed by atoms with Crippen LogP contribution in [0.5, 0.6) is 5.75 Å². The Kier molecular flexibility index (Phi) is 6.40. The summed E-state index contributed by atoms with van der Waals surface area (Å²) >= 11 is 0. The van der Waals surface area contributed by atoms with Crippen LogP contribution >= 0.6 is 0 Å². The summed E-state index contributed by atoms with van der Waals surface area (Å²) in [5.41, 5.74) is -0.369. The Morgan fingerprint density at radius 2 is 1.67 bits per heavy atom. The Hall–Kier alpha value is -1.84. The number of hydrogen-bond acceptors (Lipinski definition) is 4. The Morgan fingerprint density at radius 3 is 2.19 bits per heavy atom. The molecule has 0 fully saturated rings. The quantitative estimate of drug-likeness (QED) is 0.437. The van der Waals surface area contributed by atoms with Crippen LogP contribution in [0.3, 0.4) is 0 Å². The fourth-order valence-electron chi connectivity index (χ4n) is 2.11. The molecule has 1 aromatic carbocycles. The zero-order valence-electron chi connectivity index (χ0n) is 13.3. The van der Waals surface area contributed by atoms with Gasteiger partial charge in [-0.1, -0.05) is 39.0 Å². The Bertz CT molecular complexity index is 489. The molecule has 0 spiro atoms. The second kappa shape index (κ2) is 7.81. The van der Waals surface area contributed by atoms with Crippen molar-refractivity contribution in [3.8, 4) is 5.75 Å². The van der Waals surface area contributed by atoms with Crippen molar-refractivity contribution in [3.63, 3.8) is 0 Å². The summed E-state index contributed by atoms with van der Waals surface area (Å²) in [5, 5.41) is 0. The lowest BCUT2D eigenvalue weighted by Crippen LogP contribution is -2.42. The lowest BCUT2D eigenvalue weighted by Gasteiger charge is -2.27. The van der Waals surface area contributed by atoms with Gasteiger partial charge in [0.2, 0.25) is 0 Å². The summed E-state index contributed by atoms with van der Waals surface area (Å²) in [6.45, 7) is 7.69. The van der Waals surface area contributed by atoms with Gasteiger partial charge in [0.15, 0.2) is 5.41 Å². The number of rotatable bonds is 7. The van der Waals surface area contributed by atoms with E-state index in [2.05, 4.69) is 0 Å². The fraction of sp³-hybridized carbons (Fsp3) is 0.529. The first-order valence-corrected chi connectivity index (χ1v) is 7.47. The predicted molar refractivity (Wildman–Crippen MR) is 81.1 cm³/mol. The van der Waals surface area contributed by atoms with Gasteiger partial charge in [0.1, 0.15) is 5.75 Å². The zero-order chi connectivity index (χ0) is 15.9. The van der Waals surface area contributed by atoms with Crippen LogP contribution in [-0.4, -0.2) is 18.5 Å². The molecule has 21 heavy (non-hydrogen) atoms. The van der Waals surface area contributed by atoms with E-state index in [1.165, 1.54) is 0 Å². The van der Waals surface area contributed by atoms with Crippen LogP contribution in [0.4, 0.5) is 0 Å². The van der Waals surface area contributed by atoms with E-state index in [-0.39, 0.29) is 0 Å². The van der Waals surface area contributed by atoms with Crippen LogP contribution in [0.15, 0.2) is 24.3 Å². The second-order valence-corrected chi connectivity index (χ2v) is 5.08. The van der Waals surface area contributed by atoms with E-state index in [4.69, 9.17) is 9.47 Å². The zero-order valence-corrected chi connectivity index (χ0v) is 13.3. The topological polar surface area (TPSA) is 52.6 Å². The van der Waals surface area contributed by atoms with E-state index < -0.39 is 17.4 Å². The van der Waals surface area contributed by atoms with Crippen molar-refractivity contribution in [2.75, 3.05) is 6.61 Å². The molecule has 0 aromatic heterocycles. The van der Waals surface area contributed by atoms with Gasteiger partial charge in [-0.3, -0.25) is 9.59 Å². The maximum absolute atomic E-state index is 12.5. The Labute approximate surface area is 126 Å². The van der Waals surface area contributed by atoms with Crippen LogP contribution in [0.25, 0.3) is 0 Å². The summed E-state index contributed by atoms with van der Waals surface area (Å²) in [5.74, 6) is -0.548. The van der Waals surface area contributed by atoms with Gasteiger partial charge in [-0.05, 0) is 37.8 Å². The van der Waals surface area contributed by atoms with Crippen molar-refractivity contribution in [3.05, 3.63) is 29.8 Å². The van der Waals surface area contributed by atoms with Crippen molar-refractivity contribution in [1.82, 2.24) is 0 Å². The largest absolute Gasteiger partial charge is 0.465 e. The van der Waals surface area contributed by atoms with Crippen LogP contribution in [0, 0.1) is 12.3 Å². The summed E-state index contributed by atoms with van der Waals surface area (Å²) in [6.07, 6.45) is 1.44. The molecule has 4 heteroatoms. The summed E-state index contributed by atoms with van der Waals surface area (Å²) < 4.78 is 10.6. The van der Waals surface area contributed by atoms with E-state index in [9.17, 15) is 9.59 Å². The molecule has 116 valence electrons. The molecular weight excluding hydrogens is 268 g/mol. The maximum atomic E-state index is 12.5. The monoisotopic (exact) mass is 292 g/mol. The van der Waals surface area contributed by atoms with Gasteiger partial charge in [-0.15, -0.1) is 0 Å². The highest BCUT2D eigenvalue weighted by atomic mass is 16.6. The number of ether oxygens (including phenoxy) is 2. The number of hydrogen-bond donors (Lipinski definition) is 0. The normalized spacial score (nSPS) is 11.0. The van der Waals surface area contributed by atoms with E-state index in [0.717, 1.165) is 12.0 Å². The first-order valence-electron chi connectivity index (χ1n) is 7.47. The van der Waals surface area contributed by atoms with Gasteiger partial charge < -0.3 is 9.47 Å². The van der Waals surface area contributed by atoms with Crippen molar-refractivity contribution in [2.45, 2.75) is 47.0 Å². The number of aryl methyl sites for hydroxylation is 1. The molecule has 0 heterocycles. The molecular formula is C17H24O4. The van der Waals surface area contributed by atoms with Gasteiger partial charge in [-0.2, -0.15) is 0 Å². The first-order chi connectivity index (χ1) is 10.0. The number of para-hydroxylation sites is 1. The molecule has 0 saturated heterocycles. The van der Waals surface area contributed by atoms with Crippen molar-refractivity contribution >= 4 is 11.9 Å². The standard InChI is InChI=1S/C17H24O4/c1-5-12-20-15(18)17(6-2,7-3)16(19)21-14-11-9-8-10-13(14)4/h8-11H,5-7,12H2,1-4H3. The van der Waals surface area contributed by atoms with Gasteiger partial charge in [0, 0.05) is 0 Å². The molecule has 4 nitrogen and oxygen atoms in total. The average Bonchev–Trinajstić information content (AvgIpc) is 2.49. The molecule has 0 aliphatic rings. The number of benzene rings is 1. The minimum Gasteiger partial charge on any atom is -0.465 e. The molecule has 0 N–H and O–H groups in total. The lowest BCUT2D eigenvalue weighted by molar-refractivity contribution is -0.168. The molecule has 0 aliphatic carbocycles. The number of esters is 2. The van der Waals surface area contributed by atoms with Crippen molar-refractivity contribution < 1.29 is 19.1 Å². The van der Waals surface area contributed by atoms with E-state index in [1.807, 2.05) is 26.0 Å². The fourth-order valence-corrected chi connectivity index (χ4v) is 2.11. The molecule has 1 aromatic rings. The lowest BCUT2D eigenvalue weighted by atomic mass is 9.82. The molecule has 0 amide bonds. The molecule has 0 aliphatic heterocycles. The maximum Gasteiger partial charge on any atom is 0.328 e. The Morgan fingerprint density at radius 1 is 1.05 bits per heavy atom. The number of carbonyl (C=O) groups excluding carboxylic acids is 2. The number of carbonyl (C=O) groups is 2. The SMILES string of the molecule is CCCOC(=O)C(CC)(CC)C(=O)Oc1ccccc1C. The van der Waals surface area contributed by atoms with Crippen LogP contribution in [0.2, 0.25) is 0 Å². The first kappa shape index (κ1) is 17.2. The second-order valence-electron chi connectivity index (χ2n) is 5.08. The minimum absolute atomic E-state index is 0.318. The van der Waals surface area contributed by atoms with E-state index >= 15 is 0 Å². The third-order valence-electron chi connectivity index (χ3n) is 3.72. The van der Waals surface area contributed by atoms with Crippen LogP contribution in [0.1, 0.15) is 45.6 Å². The van der Waals surface area contributed by atoms with E-state index in [1.54, 1.807) is 26.0 Å². The highest BCUT2D eigenvalue weighted by Gasteiger charge is 2.46. The molecule has 0 saturated carbocycles. The minimum atomic E-state index is -1.22. The molecule has 0 unspecified atom stereocenters. The molecule has 1 rings (SSSR count). The van der Waals surface area contributed by atoms with Gasteiger partial charge in [-0.25, -0.2) is 0 Å².